The Bertz CT molecular complexity index is 1050. The number of aliphatic hydroxyl groups excluding tert-OH is 1. The van der Waals surface area contributed by atoms with E-state index < -0.39 is 11.6 Å². The van der Waals surface area contributed by atoms with Gasteiger partial charge in [-0.25, -0.2) is 9.59 Å². The SMILES string of the molecule is Cc1cc(C)c(/C(C(=O)O)=C(\O)C2CCC(OC3CCN(CCOCCOCC(=O)OC(C)(C)C)CC3)CC2)c(C)c1. The van der Waals surface area contributed by atoms with Gasteiger partial charge in [0, 0.05) is 25.6 Å². The number of carbonyl (C=O) groups is 2. The van der Waals surface area contributed by atoms with Gasteiger partial charge in [-0.05, 0) is 96.8 Å². The molecule has 2 aliphatic rings. The molecule has 1 heterocycles. The molecule has 1 saturated carbocycles. The molecule has 9 heteroatoms. The van der Waals surface area contributed by atoms with Crippen LogP contribution >= 0.6 is 0 Å². The van der Waals surface area contributed by atoms with Crippen LogP contribution in [-0.2, 0) is 28.5 Å². The highest BCUT2D eigenvalue weighted by atomic mass is 16.6. The number of ether oxygens (including phenoxy) is 4. The van der Waals surface area contributed by atoms with Gasteiger partial charge in [-0.1, -0.05) is 17.7 Å². The molecule has 1 saturated heterocycles. The van der Waals surface area contributed by atoms with Gasteiger partial charge in [0.15, 0.2) is 0 Å². The van der Waals surface area contributed by atoms with E-state index in [-0.39, 0.29) is 42.0 Å². The molecule has 236 valence electrons. The Morgan fingerprint density at radius 1 is 0.857 bits per heavy atom. The van der Waals surface area contributed by atoms with Gasteiger partial charge >= 0.3 is 11.9 Å². The van der Waals surface area contributed by atoms with Gasteiger partial charge in [0.1, 0.15) is 23.5 Å². The van der Waals surface area contributed by atoms with Crippen molar-refractivity contribution in [3.63, 3.8) is 0 Å². The van der Waals surface area contributed by atoms with E-state index in [1.165, 1.54) is 0 Å². The van der Waals surface area contributed by atoms with Crippen LogP contribution in [-0.4, -0.2) is 90.9 Å². The van der Waals surface area contributed by atoms with Crippen molar-refractivity contribution in [1.82, 2.24) is 4.90 Å². The number of aryl methyl sites for hydroxylation is 3. The number of allylic oxidation sites excluding steroid dienone is 1. The molecule has 1 aromatic rings. The summed E-state index contributed by atoms with van der Waals surface area (Å²) in [6, 6.07) is 3.93. The molecule has 2 fully saturated rings. The summed E-state index contributed by atoms with van der Waals surface area (Å²) >= 11 is 0. The quantitative estimate of drug-likeness (QED) is 0.135. The lowest BCUT2D eigenvalue weighted by molar-refractivity contribution is -0.160. The van der Waals surface area contributed by atoms with Crippen molar-refractivity contribution in [2.45, 2.75) is 97.9 Å². The lowest BCUT2D eigenvalue weighted by atomic mass is 9.82. The summed E-state index contributed by atoms with van der Waals surface area (Å²) in [6.07, 6.45) is 5.38. The molecule has 0 unspecified atom stereocenters. The van der Waals surface area contributed by atoms with Gasteiger partial charge in [-0.3, -0.25) is 0 Å². The van der Waals surface area contributed by atoms with E-state index in [1.807, 2.05) is 53.7 Å². The summed E-state index contributed by atoms with van der Waals surface area (Å²) in [5, 5.41) is 21.1. The summed E-state index contributed by atoms with van der Waals surface area (Å²) in [6.45, 7) is 15.4. The number of nitrogens with zero attached hydrogens (tertiary/aromatic N) is 1. The van der Waals surface area contributed by atoms with Crippen LogP contribution in [0.5, 0.6) is 0 Å². The molecule has 3 rings (SSSR count). The highest BCUT2D eigenvalue weighted by Crippen LogP contribution is 2.37. The molecule has 0 bridgehead atoms. The number of carboxylic acid groups (broad SMARTS) is 1. The second kappa shape index (κ2) is 15.8. The molecule has 0 atom stereocenters. The third kappa shape index (κ3) is 10.7. The Hall–Kier alpha value is -2.46. The van der Waals surface area contributed by atoms with Crippen LogP contribution in [0.4, 0.5) is 0 Å². The van der Waals surface area contributed by atoms with Crippen LogP contribution in [0.25, 0.3) is 5.57 Å². The fourth-order valence-corrected chi connectivity index (χ4v) is 6.08. The summed E-state index contributed by atoms with van der Waals surface area (Å²) in [5.41, 5.74) is 2.98. The van der Waals surface area contributed by atoms with E-state index in [2.05, 4.69) is 4.90 Å². The molecule has 42 heavy (non-hydrogen) atoms. The summed E-state index contributed by atoms with van der Waals surface area (Å²) < 4.78 is 22.6. The number of likely N-dealkylation sites (tertiary alicyclic amines) is 1. The number of aliphatic hydroxyl groups is 1. The normalized spacial score (nSPS) is 21.2. The zero-order chi connectivity index (χ0) is 30.9. The van der Waals surface area contributed by atoms with Crippen molar-refractivity contribution in [1.29, 1.82) is 0 Å². The van der Waals surface area contributed by atoms with Gasteiger partial charge < -0.3 is 34.1 Å². The van der Waals surface area contributed by atoms with E-state index in [9.17, 15) is 19.8 Å². The van der Waals surface area contributed by atoms with Crippen LogP contribution in [0.15, 0.2) is 17.9 Å². The molecule has 2 N–H and O–H groups in total. The molecule has 0 radical (unpaired) electrons. The average Bonchev–Trinajstić information content (AvgIpc) is 2.90. The lowest BCUT2D eigenvalue weighted by Gasteiger charge is -2.36. The maximum Gasteiger partial charge on any atom is 0.339 e. The Balaban J connectivity index is 1.34. The first-order chi connectivity index (χ1) is 19.8. The zero-order valence-electron chi connectivity index (χ0n) is 26.4. The van der Waals surface area contributed by atoms with Crippen molar-refractivity contribution in [2.24, 2.45) is 5.92 Å². The molecule has 1 aromatic carbocycles. The minimum Gasteiger partial charge on any atom is -0.511 e. The second-order valence-corrected chi connectivity index (χ2v) is 12.7. The van der Waals surface area contributed by atoms with Crippen LogP contribution in [0.3, 0.4) is 0 Å². The van der Waals surface area contributed by atoms with E-state index in [0.717, 1.165) is 74.8 Å². The Morgan fingerprint density at radius 3 is 2.00 bits per heavy atom. The van der Waals surface area contributed by atoms with E-state index in [4.69, 9.17) is 18.9 Å². The van der Waals surface area contributed by atoms with Gasteiger partial charge in [0.05, 0.1) is 32.0 Å². The monoisotopic (exact) mass is 589 g/mol. The topological polar surface area (TPSA) is 115 Å². The van der Waals surface area contributed by atoms with Crippen LogP contribution in [0, 0.1) is 26.7 Å². The van der Waals surface area contributed by atoms with Crippen molar-refractivity contribution in [2.75, 3.05) is 46.1 Å². The Kier molecular flexibility index (Phi) is 12.8. The van der Waals surface area contributed by atoms with Crippen molar-refractivity contribution in [3.8, 4) is 0 Å². The number of hydrogen-bond donors (Lipinski definition) is 2. The smallest absolute Gasteiger partial charge is 0.339 e. The number of hydrogen-bond acceptors (Lipinski definition) is 8. The fourth-order valence-electron chi connectivity index (χ4n) is 6.08. The average molecular weight is 590 g/mol. The fraction of sp³-hybridized carbons (Fsp3) is 0.697. The first-order valence-electron chi connectivity index (χ1n) is 15.3. The Morgan fingerprint density at radius 2 is 1.43 bits per heavy atom. The predicted molar refractivity (Wildman–Crippen MR) is 162 cm³/mol. The highest BCUT2D eigenvalue weighted by molar-refractivity contribution is 6.17. The number of carbonyl (C=O) groups excluding carboxylic acids is 1. The van der Waals surface area contributed by atoms with Crippen LogP contribution < -0.4 is 0 Å². The molecule has 1 aliphatic heterocycles. The maximum absolute atomic E-state index is 12.2. The minimum absolute atomic E-state index is 0.00105. The largest absolute Gasteiger partial charge is 0.511 e. The predicted octanol–water partition coefficient (Wildman–Crippen LogP) is 5.38. The summed E-state index contributed by atoms with van der Waals surface area (Å²) in [7, 11) is 0. The minimum atomic E-state index is -1.08. The van der Waals surface area contributed by atoms with Crippen molar-refractivity contribution < 1.29 is 38.7 Å². The molecular formula is C33H51NO8. The first kappa shape index (κ1) is 34.0. The number of piperidine rings is 1. The standard InChI is InChI=1S/C33H51NO8/c1-22-19-23(2)29(24(3)20-22)30(32(37)38)31(36)25-7-9-26(10-8-25)41-27-11-13-34(14-12-27)15-16-39-17-18-40-21-28(35)42-33(4,5)6/h19-20,25-27,36H,7-18,21H2,1-6H3,(H,37,38)/b31-30+. The van der Waals surface area contributed by atoms with Crippen molar-refractivity contribution in [3.05, 3.63) is 40.1 Å². The Labute approximate surface area is 251 Å². The summed E-state index contributed by atoms with van der Waals surface area (Å²) in [4.78, 5) is 26.3. The molecule has 0 amide bonds. The molecule has 0 aromatic heterocycles. The first-order valence-corrected chi connectivity index (χ1v) is 15.3. The summed E-state index contributed by atoms with van der Waals surface area (Å²) in [5.74, 6) is -1.61. The van der Waals surface area contributed by atoms with Crippen LogP contribution in [0.2, 0.25) is 0 Å². The lowest BCUT2D eigenvalue weighted by Crippen LogP contribution is -2.40. The molecule has 0 spiro atoms. The van der Waals surface area contributed by atoms with Crippen molar-refractivity contribution >= 4 is 17.5 Å². The highest BCUT2D eigenvalue weighted by Gasteiger charge is 2.31. The maximum atomic E-state index is 12.2. The number of esters is 1. The third-order valence-electron chi connectivity index (χ3n) is 7.94. The van der Waals surface area contributed by atoms with E-state index >= 15 is 0 Å². The van der Waals surface area contributed by atoms with Gasteiger partial charge in [0.25, 0.3) is 0 Å². The number of benzene rings is 1. The number of rotatable bonds is 13. The van der Waals surface area contributed by atoms with Crippen LogP contribution in [0.1, 0.15) is 81.5 Å². The second-order valence-electron chi connectivity index (χ2n) is 12.7. The molecule has 1 aliphatic carbocycles. The zero-order valence-corrected chi connectivity index (χ0v) is 26.4. The number of carboxylic acids is 1. The van der Waals surface area contributed by atoms with Gasteiger partial charge in [-0.15, -0.1) is 0 Å². The number of aliphatic carboxylic acids is 1. The van der Waals surface area contributed by atoms with Gasteiger partial charge in [-0.2, -0.15) is 0 Å². The van der Waals surface area contributed by atoms with E-state index in [0.29, 0.717) is 25.4 Å². The molecular weight excluding hydrogens is 538 g/mol. The van der Waals surface area contributed by atoms with Gasteiger partial charge in [0.2, 0.25) is 0 Å². The third-order valence-corrected chi connectivity index (χ3v) is 7.94. The molecule has 9 nitrogen and oxygen atoms in total. The van der Waals surface area contributed by atoms with E-state index in [1.54, 1.807) is 0 Å².